The molecular weight excluding hydrogens is 1190 g/mol. The van der Waals surface area contributed by atoms with Crippen LogP contribution in [0.2, 0.25) is 4.34 Å². The monoisotopic (exact) mass is 1240 g/mol. The number of thiophene rings is 2. The van der Waals surface area contributed by atoms with Crippen LogP contribution in [-0.2, 0) is 33.6 Å². The van der Waals surface area contributed by atoms with Gasteiger partial charge >= 0.3 is 0 Å². The number of aromatic nitrogens is 6. The number of fused-ring (bicyclic) bond motifs is 3. The minimum atomic E-state index is -0.692. The standard InChI is InChI=1S/C22H16N4O2S.C20H14N4O2S2.C19H14ClN3O2S2.CH4/c1-14-9-20(29-25-14)24-22(28)21(27)18-12-17(26-8-3-2-7-19(18)26)11-15-5-4-6-16(10-15)13-23;1-12-9-18(28-23-12)22-20(26)19(25)15-11-13(24-8-4-3-5-16(15)24)10-14-6-7-17(21-2)27-14;1-11-8-17(27-22-11)21-19(25)18(24)14-10-12(9-13-5-6-16(20)26-13)23-7-3-2-4-15(14)23;/h2-10,12H,11H2,1H3,(H,24,28);3-9,11H,10H2,1H3,(H,22,26);2-8,10H,9H2,1H3,(H,21,25);1H4. The van der Waals surface area contributed by atoms with E-state index in [1.165, 1.54) is 22.7 Å². The number of ketones is 3. The van der Waals surface area contributed by atoms with Gasteiger partial charge in [-0.05, 0) is 169 Å². The topological polar surface area (TPSA) is 219 Å². The molecule has 0 bridgehead atoms. The molecule has 0 aliphatic heterocycles. The van der Waals surface area contributed by atoms with Gasteiger partial charge in [0.2, 0.25) is 5.00 Å². The molecule has 0 saturated carbocycles. The maximum atomic E-state index is 12.9. The predicted octanol–water partition coefficient (Wildman–Crippen LogP) is 14.2. The Morgan fingerprint density at radius 1 is 0.529 bits per heavy atom. The molecular formula is C62H48ClN11O6S5. The molecule has 11 heterocycles. The lowest BCUT2D eigenvalue weighted by atomic mass is 10.1. The van der Waals surface area contributed by atoms with Crippen molar-refractivity contribution < 1.29 is 28.8 Å². The summed E-state index contributed by atoms with van der Waals surface area (Å²) in [5.74, 6) is -3.80. The summed E-state index contributed by atoms with van der Waals surface area (Å²) in [6, 6.07) is 44.1. The highest BCUT2D eigenvalue weighted by molar-refractivity contribution is 7.16. The summed E-state index contributed by atoms with van der Waals surface area (Å²) >= 11 is 12.4. The second kappa shape index (κ2) is 26.8. The van der Waals surface area contributed by atoms with Crippen molar-refractivity contribution in [3.05, 3.63) is 246 Å². The summed E-state index contributed by atoms with van der Waals surface area (Å²) in [5.41, 5.74) is 9.72. The van der Waals surface area contributed by atoms with Crippen LogP contribution >= 0.6 is 68.9 Å². The van der Waals surface area contributed by atoms with E-state index in [1.54, 1.807) is 48.5 Å². The van der Waals surface area contributed by atoms with Crippen molar-refractivity contribution in [1.82, 2.24) is 26.3 Å². The van der Waals surface area contributed by atoms with Gasteiger partial charge in [0.15, 0.2) is 0 Å². The number of rotatable bonds is 15. The first-order chi connectivity index (χ1) is 40.6. The number of benzene rings is 1. The second-order valence-electron chi connectivity index (χ2n) is 18.8. The van der Waals surface area contributed by atoms with E-state index in [4.69, 9.17) is 23.4 Å². The fourth-order valence-electron chi connectivity index (χ4n) is 9.05. The first-order valence-electron chi connectivity index (χ1n) is 25.4. The van der Waals surface area contributed by atoms with Crippen molar-refractivity contribution in [1.29, 1.82) is 5.26 Å². The molecule has 11 aromatic heterocycles. The fourth-order valence-corrected chi connectivity index (χ4v) is 12.9. The van der Waals surface area contributed by atoms with E-state index in [-0.39, 0.29) is 7.43 Å². The molecule has 0 radical (unpaired) electrons. The number of aryl methyl sites for hydroxylation is 3. The van der Waals surface area contributed by atoms with Gasteiger partial charge in [0.1, 0.15) is 15.0 Å². The maximum absolute atomic E-state index is 12.9. The summed E-state index contributed by atoms with van der Waals surface area (Å²) < 4.78 is 18.8. The number of nitriles is 1. The van der Waals surface area contributed by atoms with Crippen LogP contribution in [0.15, 0.2) is 158 Å². The van der Waals surface area contributed by atoms with Crippen molar-refractivity contribution >= 4 is 140 Å². The average molecular weight is 1240 g/mol. The zero-order valence-corrected chi connectivity index (χ0v) is 49.4. The Balaban J connectivity index is 0.000000152. The Labute approximate surface area is 512 Å². The van der Waals surface area contributed by atoms with E-state index < -0.39 is 35.1 Å². The quantitative estimate of drug-likeness (QED) is 0.0501. The number of amides is 3. The highest BCUT2D eigenvalue weighted by Crippen LogP contribution is 2.31. The van der Waals surface area contributed by atoms with E-state index in [9.17, 15) is 28.8 Å². The number of pyridine rings is 3. The van der Waals surface area contributed by atoms with Crippen LogP contribution in [0.1, 0.15) is 93.5 Å². The lowest BCUT2D eigenvalue weighted by Crippen LogP contribution is -2.22. The summed E-state index contributed by atoms with van der Waals surface area (Å²) in [4.78, 5) is 81.4. The SMILES string of the molecule is C.Cc1cc(NC(=O)C(=O)c2cc(Cc3ccc(Cl)s3)n3ccccc23)sn1.Cc1cc(NC(=O)C(=O)c2cc(Cc3cccc(C#N)c3)n3ccccc23)sn1.[C-]#[N+]c1ccc(Cc2cc(C(=O)C(=O)Nc3cc(C)ns3)c3ccccn23)s1. The third-order valence-corrected chi connectivity index (χ3v) is 17.4. The molecule has 85 heavy (non-hydrogen) atoms. The van der Waals surface area contributed by atoms with E-state index >= 15 is 0 Å². The Bertz CT molecular complexity index is 4600. The van der Waals surface area contributed by atoms with Crippen molar-refractivity contribution in [3.63, 3.8) is 0 Å². The molecule has 0 aliphatic rings. The summed E-state index contributed by atoms with van der Waals surface area (Å²) in [6.07, 6.45) is 7.36. The molecule has 17 nitrogen and oxygen atoms in total. The minimum absolute atomic E-state index is 0. The van der Waals surface area contributed by atoms with Gasteiger partial charge in [0.25, 0.3) is 35.1 Å². The molecule has 0 saturated heterocycles. The van der Waals surface area contributed by atoms with Crippen LogP contribution in [-0.4, -0.2) is 61.4 Å². The number of halogens is 1. The van der Waals surface area contributed by atoms with Gasteiger partial charge in [-0.25, -0.2) is 4.85 Å². The number of carbonyl (C=O) groups is 6. The lowest BCUT2D eigenvalue weighted by molar-refractivity contribution is -0.113. The first kappa shape index (κ1) is 60.1. The van der Waals surface area contributed by atoms with E-state index in [0.717, 1.165) is 88.4 Å². The number of hydrogen-bond donors (Lipinski definition) is 3. The third-order valence-electron chi connectivity index (χ3n) is 12.8. The zero-order chi connectivity index (χ0) is 59.0. The first-order valence-corrected chi connectivity index (χ1v) is 29.8. The molecule has 23 heteroatoms. The summed E-state index contributed by atoms with van der Waals surface area (Å²) in [5, 5.41) is 19.3. The van der Waals surface area contributed by atoms with Crippen molar-refractivity contribution in [3.8, 4) is 6.07 Å². The van der Waals surface area contributed by atoms with Crippen LogP contribution in [0.4, 0.5) is 20.0 Å². The molecule has 1 aromatic carbocycles. The van der Waals surface area contributed by atoms with Gasteiger partial charge < -0.3 is 29.2 Å². The molecule has 3 amide bonds. The normalized spacial score (nSPS) is 10.7. The van der Waals surface area contributed by atoms with Crippen molar-refractivity contribution in [2.45, 2.75) is 47.5 Å². The Morgan fingerprint density at radius 2 is 0.941 bits per heavy atom. The highest BCUT2D eigenvalue weighted by atomic mass is 35.5. The van der Waals surface area contributed by atoms with Crippen LogP contribution in [0.25, 0.3) is 21.4 Å². The number of nitrogens with zero attached hydrogens (tertiary/aromatic N) is 8. The number of hydrogen-bond acceptors (Lipinski definition) is 15. The molecule has 0 atom stereocenters. The Hall–Kier alpha value is -9.52. The molecule has 0 spiro atoms. The van der Waals surface area contributed by atoms with Crippen molar-refractivity contribution in [2.24, 2.45) is 0 Å². The van der Waals surface area contributed by atoms with Gasteiger partial charge in [-0.3, -0.25) is 28.8 Å². The number of anilines is 3. The summed E-state index contributed by atoms with van der Waals surface area (Å²) in [6.45, 7) is 12.6. The van der Waals surface area contributed by atoms with Crippen LogP contribution in [0.5, 0.6) is 0 Å². The van der Waals surface area contributed by atoms with Gasteiger partial charge in [-0.2, -0.15) is 29.7 Å². The maximum Gasteiger partial charge on any atom is 0.297 e. The Morgan fingerprint density at radius 3 is 1.31 bits per heavy atom. The smallest absolute Gasteiger partial charge is 0.297 e. The zero-order valence-electron chi connectivity index (χ0n) is 44.6. The van der Waals surface area contributed by atoms with Crippen molar-refractivity contribution in [2.75, 3.05) is 16.0 Å². The predicted molar refractivity (Wildman–Crippen MR) is 338 cm³/mol. The van der Waals surface area contributed by atoms with Gasteiger partial charge in [0.05, 0.1) is 72.9 Å². The van der Waals surface area contributed by atoms with Gasteiger partial charge in [-0.1, -0.05) is 55.4 Å². The molecule has 0 fully saturated rings. The van der Waals surface area contributed by atoms with Gasteiger partial charge in [-0.15, -0.1) is 11.3 Å². The number of carbonyl (C=O) groups excluding carboxylic acids is 6. The number of nitrogens with one attached hydrogen (secondary N) is 3. The number of Topliss-reactive ketones (excluding diaryl/α,β-unsaturated/α-hetero) is 3. The van der Waals surface area contributed by atoms with Gasteiger partial charge in [0, 0.05) is 59.8 Å². The van der Waals surface area contributed by atoms with E-state index in [2.05, 4.69) is 40.0 Å². The molecule has 12 rings (SSSR count). The van der Waals surface area contributed by atoms with Crippen LogP contribution in [0.3, 0.4) is 0 Å². The lowest BCUT2D eigenvalue weighted by Gasteiger charge is -2.03. The average Bonchev–Trinajstić information content (AvgIpc) is 3.85. The van der Waals surface area contributed by atoms with Crippen LogP contribution < -0.4 is 16.0 Å². The highest BCUT2D eigenvalue weighted by Gasteiger charge is 2.26. The third kappa shape index (κ3) is 14.1. The van der Waals surface area contributed by atoms with E-state index in [1.807, 2.05) is 144 Å². The fraction of sp³-hybridized carbons (Fsp3) is 0.113. The van der Waals surface area contributed by atoms with E-state index in [0.29, 0.717) is 78.1 Å². The second-order valence-corrected chi connectivity index (χ2v) is 24.1. The molecule has 0 unspecified atom stereocenters. The Kier molecular flexibility index (Phi) is 18.9. The van der Waals surface area contributed by atoms with Crippen LogP contribution in [0, 0.1) is 38.7 Å². The molecule has 424 valence electrons. The summed E-state index contributed by atoms with van der Waals surface area (Å²) in [7, 11) is 0. The molecule has 3 N–H and O–H groups in total. The molecule has 12 aromatic rings. The largest absolute Gasteiger partial charge is 0.320 e. The minimum Gasteiger partial charge on any atom is -0.320 e. The molecule has 0 aliphatic carbocycles.